The van der Waals surface area contributed by atoms with E-state index in [0.29, 0.717) is 18.7 Å². The molecular weight excluding hydrogens is 359 g/mol. The van der Waals surface area contributed by atoms with Crippen molar-refractivity contribution < 1.29 is 13.9 Å². The first-order valence-electron chi connectivity index (χ1n) is 7.78. The van der Waals surface area contributed by atoms with E-state index in [-0.39, 0.29) is 17.9 Å². The summed E-state index contributed by atoms with van der Waals surface area (Å²) >= 11 is 3.08. The molecule has 0 amide bonds. The Kier molecular flexibility index (Phi) is 4.35. The van der Waals surface area contributed by atoms with Gasteiger partial charge < -0.3 is 9.64 Å². The molecule has 2 aromatic carbocycles. The molecule has 0 saturated carbocycles. The molecule has 0 unspecified atom stereocenters. The number of halogens is 1. The van der Waals surface area contributed by atoms with Gasteiger partial charge in [-0.15, -0.1) is 11.8 Å². The maximum Gasteiger partial charge on any atom is 0.338 e. The Labute approximate surface area is 152 Å². The van der Waals surface area contributed by atoms with Crippen LogP contribution in [0.1, 0.15) is 10.4 Å². The van der Waals surface area contributed by atoms with E-state index in [1.54, 1.807) is 30.0 Å². The van der Waals surface area contributed by atoms with Gasteiger partial charge in [0.05, 0.1) is 28.9 Å². The Bertz CT molecular complexity index is 920. The van der Waals surface area contributed by atoms with Crippen molar-refractivity contribution in [1.82, 2.24) is 4.98 Å². The van der Waals surface area contributed by atoms with Crippen molar-refractivity contribution in [1.29, 1.82) is 0 Å². The van der Waals surface area contributed by atoms with Crippen molar-refractivity contribution in [3.8, 4) is 0 Å². The summed E-state index contributed by atoms with van der Waals surface area (Å²) in [6, 6.07) is 12.0. The second kappa shape index (κ2) is 6.65. The van der Waals surface area contributed by atoms with E-state index in [2.05, 4.69) is 4.98 Å². The number of carbonyl (C=O) groups excluding carboxylic acids is 1. The standard InChI is InChI=1S/C18H15FN2O2S2/c1-24-14-5-2-11(3-6-14)17(22)23-13-9-21(10-13)18-20-15-7-4-12(19)8-16(15)25-18/h2-8,13H,9-10H2,1H3. The topological polar surface area (TPSA) is 42.4 Å². The number of carbonyl (C=O) groups is 1. The molecular formula is C18H15FN2O2S2. The molecule has 0 bridgehead atoms. The zero-order valence-corrected chi connectivity index (χ0v) is 15.1. The monoisotopic (exact) mass is 374 g/mol. The minimum Gasteiger partial charge on any atom is -0.455 e. The number of rotatable bonds is 4. The first kappa shape index (κ1) is 16.4. The zero-order chi connectivity index (χ0) is 17.4. The number of nitrogens with zero attached hydrogens (tertiary/aromatic N) is 2. The quantitative estimate of drug-likeness (QED) is 0.506. The minimum atomic E-state index is -0.302. The molecule has 0 atom stereocenters. The maximum absolute atomic E-state index is 13.3. The summed E-state index contributed by atoms with van der Waals surface area (Å²) < 4.78 is 19.6. The number of fused-ring (bicyclic) bond motifs is 1. The van der Waals surface area contributed by atoms with Crippen molar-refractivity contribution in [2.75, 3.05) is 24.2 Å². The highest BCUT2D eigenvalue weighted by atomic mass is 32.2. The average Bonchev–Trinajstić information content (AvgIpc) is 3.00. The molecule has 0 N–H and O–H groups in total. The van der Waals surface area contributed by atoms with E-state index in [4.69, 9.17) is 4.74 Å². The van der Waals surface area contributed by atoms with Crippen LogP contribution in [0.25, 0.3) is 10.2 Å². The van der Waals surface area contributed by atoms with E-state index in [1.165, 1.54) is 23.5 Å². The summed E-state index contributed by atoms with van der Waals surface area (Å²) in [5.41, 5.74) is 1.35. The van der Waals surface area contributed by atoms with Crippen LogP contribution >= 0.6 is 23.1 Å². The van der Waals surface area contributed by atoms with Gasteiger partial charge in [-0.05, 0) is 48.7 Å². The van der Waals surface area contributed by atoms with Crippen molar-refractivity contribution in [3.05, 3.63) is 53.8 Å². The van der Waals surface area contributed by atoms with Crippen molar-refractivity contribution in [2.24, 2.45) is 0 Å². The van der Waals surface area contributed by atoms with Crippen LogP contribution in [0.15, 0.2) is 47.4 Å². The van der Waals surface area contributed by atoms with Gasteiger partial charge in [-0.2, -0.15) is 0 Å². The number of hydrogen-bond donors (Lipinski definition) is 0. The molecule has 1 aliphatic rings. The molecule has 4 rings (SSSR count). The van der Waals surface area contributed by atoms with Gasteiger partial charge in [0.15, 0.2) is 5.13 Å². The van der Waals surface area contributed by atoms with Crippen molar-refractivity contribution in [3.63, 3.8) is 0 Å². The summed E-state index contributed by atoms with van der Waals surface area (Å²) in [7, 11) is 0. The molecule has 0 radical (unpaired) electrons. The highest BCUT2D eigenvalue weighted by Crippen LogP contribution is 2.32. The summed E-state index contributed by atoms with van der Waals surface area (Å²) in [6.07, 6.45) is 1.85. The lowest BCUT2D eigenvalue weighted by atomic mass is 10.2. The molecule has 3 aromatic rings. The van der Waals surface area contributed by atoms with Crippen LogP contribution in [0.5, 0.6) is 0 Å². The third-order valence-corrected chi connectivity index (χ3v) is 5.88. The van der Waals surface area contributed by atoms with Gasteiger partial charge in [-0.1, -0.05) is 11.3 Å². The Balaban J connectivity index is 1.36. The Morgan fingerprint density at radius 3 is 2.76 bits per heavy atom. The second-order valence-electron chi connectivity index (χ2n) is 5.77. The number of benzene rings is 2. The van der Waals surface area contributed by atoms with Gasteiger partial charge >= 0.3 is 5.97 Å². The summed E-state index contributed by atoms with van der Waals surface area (Å²) in [5, 5.41) is 0.831. The molecule has 1 aromatic heterocycles. The lowest BCUT2D eigenvalue weighted by molar-refractivity contribution is 0.0234. The maximum atomic E-state index is 13.3. The van der Waals surface area contributed by atoms with Crippen molar-refractivity contribution in [2.45, 2.75) is 11.0 Å². The summed E-state index contributed by atoms with van der Waals surface area (Å²) in [5.74, 6) is -0.561. The number of anilines is 1. The Morgan fingerprint density at radius 2 is 2.04 bits per heavy atom. The van der Waals surface area contributed by atoms with Gasteiger partial charge in [0.25, 0.3) is 0 Å². The molecule has 2 heterocycles. The molecule has 128 valence electrons. The Hall–Kier alpha value is -2.12. The predicted octanol–water partition coefficient (Wildman–Crippen LogP) is 4.20. The molecule has 1 saturated heterocycles. The van der Waals surface area contributed by atoms with Crippen LogP contribution in [0.4, 0.5) is 9.52 Å². The predicted molar refractivity (Wildman–Crippen MR) is 99.2 cm³/mol. The molecule has 1 fully saturated rings. The number of hydrogen-bond acceptors (Lipinski definition) is 6. The molecule has 7 heteroatoms. The Morgan fingerprint density at radius 1 is 1.28 bits per heavy atom. The number of ether oxygens (including phenoxy) is 1. The normalized spacial score (nSPS) is 14.6. The molecule has 0 spiro atoms. The smallest absolute Gasteiger partial charge is 0.338 e. The lowest BCUT2D eigenvalue weighted by Gasteiger charge is -2.38. The third kappa shape index (κ3) is 3.34. The lowest BCUT2D eigenvalue weighted by Crippen LogP contribution is -2.53. The second-order valence-corrected chi connectivity index (χ2v) is 7.66. The number of aromatic nitrogens is 1. The average molecular weight is 374 g/mol. The van der Waals surface area contributed by atoms with Crippen LogP contribution in [0, 0.1) is 5.82 Å². The number of thiazole rings is 1. The van der Waals surface area contributed by atoms with Gasteiger partial charge in [0, 0.05) is 4.90 Å². The number of thioether (sulfide) groups is 1. The third-order valence-electron chi connectivity index (χ3n) is 4.06. The molecule has 25 heavy (non-hydrogen) atoms. The van der Waals surface area contributed by atoms with Crippen LogP contribution in [0.2, 0.25) is 0 Å². The fourth-order valence-electron chi connectivity index (χ4n) is 2.64. The van der Waals surface area contributed by atoms with Crippen LogP contribution in [0.3, 0.4) is 0 Å². The largest absolute Gasteiger partial charge is 0.455 e. The van der Waals surface area contributed by atoms with E-state index in [9.17, 15) is 9.18 Å². The van der Waals surface area contributed by atoms with E-state index >= 15 is 0 Å². The fourth-order valence-corrected chi connectivity index (χ4v) is 4.05. The van der Waals surface area contributed by atoms with E-state index in [0.717, 1.165) is 20.2 Å². The highest BCUT2D eigenvalue weighted by molar-refractivity contribution is 7.98. The molecule has 0 aliphatic carbocycles. The van der Waals surface area contributed by atoms with Crippen molar-refractivity contribution >= 4 is 44.4 Å². The zero-order valence-electron chi connectivity index (χ0n) is 13.4. The first-order valence-corrected chi connectivity index (χ1v) is 9.82. The van der Waals surface area contributed by atoms with E-state index in [1.807, 2.05) is 23.3 Å². The van der Waals surface area contributed by atoms with E-state index < -0.39 is 0 Å². The first-order chi connectivity index (χ1) is 12.1. The van der Waals surface area contributed by atoms with Crippen LogP contribution in [-0.4, -0.2) is 36.4 Å². The summed E-state index contributed by atoms with van der Waals surface area (Å²) in [4.78, 5) is 19.8. The molecule has 1 aliphatic heterocycles. The SMILES string of the molecule is CSc1ccc(C(=O)OC2CN(c3nc4ccc(F)cc4s3)C2)cc1. The summed E-state index contributed by atoms with van der Waals surface area (Å²) in [6.45, 7) is 1.22. The van der Waals surface area contributed by atoms with Gasteiger partial charge in [-0.3, -0.25) is 0 Å². The highest BCUT2D eigenvalue weighted by Gasteiger charge is 2.32. The fraction of sp³-hybridized carbons (Fsp3) is 0.222. The van der Waals surface area contributed by atoms with Gasteiger partial charge in [0.2, 0.25) is 0 Å². The van der Waals surface area contributed by atoms with Gasteiger partial charge in [0.1, 0.15) is 11.9 Å². The molecule has 4 nitrogen and oxygen atoms in total. The number of esters is 1. The van der Waals surface area contributed by atoms with Gasteiger partial charge in [-0.25, -0.2) is 14.2 Å². The van der Waals surface area contributed by atoms with Crippen LogP contribution in [-0.2, 0) is 4.74 Å². The van der Waals surface area contributed by atoms with Crippen LogP contribution < -0.4 is 4.90 Å². The minimum absolute atomic E-state index is 0.142.